The van der Waals surface area contributed by atoms with Crippen LogP contribution in [0.2, 0.25) is 0 Å². The Morgan fingerprint density at radius 2 is 2.20 bits per heavy atom. The number of likely N-dealkylation sites (tertiary alicyclic amines) is 1. The van der Waals surface area contributed by atoms with Crippen molar-refractivity contribution in [2.24, 2.45) is 5.92 Å². The lowest BCUT2D eigenvalue weighted by Gasteiger charge is -2.30. The number of rotatable bonds is 6. The molecule has 0 aromatic carbocycles. The van der Waals surface area contributed by atoms with Gasteiger partial charge in [0.2, 0.25) is 0 Å². The van der Waals surface area contributed by atoms with Gasteiger partial charge in [-0.1, -0.05) is 20.8 Å². The van der Waals surface area contributed by atoms with Crippen LogP contribution < -0.4 is 5.32 Å². The van der Waals surface area contributed by atoms with Crippen LogP contribution in [0.3, 0.4) is 0 Å². The van der Waals surface area contributed by atoms with Gasteiger partial charge in [-0.3, -0.25) is 4.90 Å². The molecule has 0 aliphatic carbocycles. The standard InChI is InChI=1S/C12H26N2O/c1-4-13-11(9-15)8-14-7-5-6-12(14)10(2)3/h10-13,15H,4-9H2,1-3H3. The van der Waals surface area contributed by atoms with E-state index in [0.29, 0.717) is 0 Å². The van der Waals surface area contributed by atoms with E-state index in [0.717, 1.165) is 25.0 Å². The van der Waals surface area contributed by atoms with Crippen LogP contribution in [0.4, 0.5) is 0 Å². The normalized spacial score (nSPS) is 25.0. The van der Waals surface area contributed by atoms with Gasteiger partial charge in [0.05, 0.1) is 6.61 Å². The highest BCUT2D eigenvalue weighted by molar-refractivity contribution is 4.84. The number of hydrogen-bond acceptors (Lipinski definition) is 3. The Bertz CT molecular complexity index is 173. The van der Waals surface area contributed by atoms with Gasteiger partial charge in [0.25, 0.3) is 0 Å². The molecule has 90 valence electrons. The van der Waals surface area contributed by atoms with Gasteiger partial charge >= 0.3 is 0 Å². The zero-order valence-electron chi connectivity index (χ0n) is 10.4. The molecule has 0 saturated carbocycles. The van der Waals surface area contributed by atoms with Crippen LogP contribution in [-0.2, 0) is 0 Å². The summed E-state index contributed by atoms with van der Waals surface area (Å²) in [5.41, 5.74) is 0. The molecule has 1 fully saturated rings. The Hall–Kier alpha value is -0.120. The summed E-state index contributed by atoms with van der Waals surface area (Å²) in [7, 11) is 0. The average Bonchev–Trinajstić information content (AvgIpc) is 2.65. The zero-order valence-corrected chi connectivity index (χ0v) is 10.4. The summed E-state index contributed by atoms with van der Waals surface area (Å²) in [5, 5.41) is 12.6. The van der Waals surface area contributed by atoms with Crippen molar-refractivity contribution in [2.45, 2.75) is 45.7 Å². The minimum atomic E-state index is 0.245. The van der Waals surface area contributed by atoms with E-state index in [4.69, 9.17) is 0 Å². The third-order valence-corrected chi connectivity index (χ3v) is 3.35. The van der Waals surface area contributed by atoms with Crippen molar-refractivity contribution < 1.29 is 5.11 Å². The number of aliphatic hydroxyl groups excluding tert-OH is 1. The van der Waals surface area contributed by atoms with Crippen LogP contribution in [0.25, 0.3) is 0 Å². The largest absolute Gasteiger partial charge is 0.395 e. The highest BCUT2D eigenvalue weighted by atomic mass is 16.3. The molecule has 0 aromatic heterocycles. The van der Waals surface area contributed by atoms with Gasteiger partial charge in [0.1, 0.15) is 0 Å². The van der Waals surface area contributed by atoms with Crippen molar-refractivity contribution in [3.8, 4) is 0 Å². The molecule has 0 spiro atoms. The number of hydrogen-bond donors (Lipinski definition) is 2. The molecule has 2 unspecified atom stereocenters. The highest BCUT2D eigenvalue weighted by Crippen LogP contribution is 2.23. The monoisotopic (exact) mass is 214 g/mol. The van der Waals surface area contributed by atoms with E-state index < -0.39 is 0 Å². The van der Waals surface area contributed by atoms with Crippen molar-refractivity contribution in [3.63, 3.8) is 0 Å². The fourth-order valence-corrected chi connectivity index (χ4v) is 2.59. The maximum absolute atomic E-state index is 9.25. The van der Waals surface area contributed by atoms with E-state index >= 15 is 0 Å². The quantitative estimate of drug-likeness (QED) is 0.694. The van der Waals surface area contributed by atoms with Gasteiger partial charge in [0, 0.05) is 18.6 Å². The van der Waals surface area contributed by atoms with Crippen LogP contribution in [0.5, 0.6) is 0 Å². The Labute approximate surface area is 93.9 Å². The summed E-state index contributed by atoms with van der Waals surface area (Å²) in [5.74, 6) is 0.730. The molecule has 2 atom stereocenters. The van der Waals surface area contributed by atoms with Crippen LogP contribution in [0, 0.1) is 5.92 Å². The summed E-state index contributed by atoms with van der Waals surface area (Å²) < 4.78 is 0. The molecular formula is C12H26N2O. The smallest absolute Gasteiger partial charge is 0.0597 e. The molecule has 15 heavy (non-hydrogen) atoms. The molecule has 1 heterocycles. The number of nitrogens with zero attached hydrogens (tertiary/aromatic N) is 1. The maximum Gasteiger partial charge on any atom is 0.0597 e. The van der Waals surface area contributed by atoms with Gasteiger partial charge in [-0.2, -0.15) is 0 Å². The number of nitrogens with one attached hydrogen (secondary N) is 1. The van der Waals surface area contributed by atoms with E-state index in [1.165, 1.54) is 19.4 Å². The van der Waals surface area contributed by atoms with E-state index in [2.05, 4.69) is 31.0 Å². The fraction of sp³-hybridized carbons (Fsp3) is 1.00. The third kappa shape index (κ3) is 3.74. The second kappa shape index (κ2) is 6.46. The molecule has 1 aliphatic rings. The molecule has 0 aromatic rings. The van der Waals surface area contributed by atoms with Crippen molar-refractivity contribution in [1.82, 2.24) is 10.2 Å². The molecule has 3 nitrogen and oxygen atoms in total. The first-order valence-corrected chi connectivity index (χ1v) is 6.27. The molecule has 0 bridgehead atoms. The summed E-state index contributed by atoms with van der Waals surface area (Å²) in [6.45, 7) is 10.1. The molecule has 1 rings (SSSR count). The van der Waals surface area contributed by atoms with Crippen molar-refractivity contribution in [1.29, 1.82) is 0 Å². The predicted molar refractivity (Wildman–Crippen MR) is 64.0 cm³/mol. The SMILES string of the molecule is CCNC(CO)CN1CCCC1C(C)C. The lowest BCUT2D eigenvalue weighted by molar-refractivity contribution is 0.153. The Morgan fingerprint density at radius 1 is 1.47 bits per heavy atom. The summed E-state index contributed by atoms with van der Waals surface area (Å²) >= 11 is 0. The zero-order chi connectivity index (χ0) is 11.3. The molecule has 1 saturated heterocycles. The topological polar surface area (TPSA) is 35.5 Å². The second-order valence-electron chi connectivity index (χ2n) is 4.89. The summed E-state index contributed by atoms with van der Waals surface area (Å²) in [4.78, 5) is 2.54. The fourth-order valence-electron chi connectivity index (χ4n) is 2.59. The maximum atomic E-state index is 9.25. The van der Waals surface area contributed by atoms with Crippen molar-refractivity contribution >= 4 is 0 Å². The molecule has 0 radical (unpaired) electrons. The number of aliphatic hydroxyl groups is 1. The Balaban J connectivity index is 2.41. The van der Waals surface area contributed by atoms with E-state index in [1.807, 2.05) is 0 Å². The van der Waals surface area contributed by atoms with Gasteiger partial charge < -0.3 is 10.4 Å². The molecule has 1 aliphatic heterocycles. The first-order chi connectivity index (χ1) is 7.19. The van der Waals surface area contributed by atoms with Gasteiger partial charge in [0.15, 0.2) is 0 Å². The predicted octanol–water partition coefficient (Wildman–Crippen LogP) is 1.08. The lowest BCUT2D eigenvalue weighted by atomic mass is 10.0. The molecule has 2 N–H and O–H groups in total. The van der Waals surface area contributed by atoms with E-state index in [-0.39, 0.29) is 12.6 Å². The third-order valence-electron chi connectivity index (χ3n) is 3.35. The highest BCUT2D eigenvalue weighted by Gasteiger charge is 2.28. The lowest BCUT2D eigenvalue weighted by Crippen LogP contribution is -2.46. The van der Waals surface area contributed by atoms with Crippen LogP contribution >= 0.6 is 0 Å². The first-order valence-electron chi connectivity index (χ1n) is 6.27. The molecule has 3 heteroatoms. The van der Waals surface area contributed by atoms with Gasteiger partial charge in [-0.15, -0.1) is 0 Å². The Morgan fingerprint density at radius 3 is 2.73 bits per heavy atom. The second-order valence-corrected chi connectivity index (χ2v) is 4.89. The van der Waals surface area contributed by atoms with Crippen LogP contribution in [0.1, 0.15) is 33.6 Å². The minimum Gasteiger partial charge on any atom is -0.395 e. The van der Waals surface area contributed by atoms with Crippen molar-refractivity contribution in [3.05, 3.63) is 0 Å². The van der Waals surface area contributed by atoms with Crippen LogP contribution in [0.15, 0.2) is 0 Å². The van der Waals surface area contributed by atoms with E-state index in [1.54, 1.807) is 0 Å². The summed E-state index contributed by atoms with van der Waals surface area (Å²) in [6, 6.07) is 0.965. The van der Waals surface area contributed by atoms with Crippen molar-refractivity contribution in [2.75, 3.05) is 26.2 Å². The van der Waals surface area contributed by atoms with Gasteiger partial charge in [-0.25, -0.2) is 0 Å². The number of likely N-dealkylation sites (N-methyl/N-ethyl adjacent to an activating group) is 1. The molecular weight excluding hydrogens is 188 g/mol. The summed E-state index contributed by atoms with van der Waals surface area (Å²) in [6.07, 6.45) is 2.63. The van der Waals surface area contributed by atoms with Gasteiger partial charge in [-0.05, 0) is 31.8 Å². The molecule has 0 amide bonds. The first kappa shape index (κ1) is 12.9. The average molecular weight is 214 g/mol. The van der Waals surface area contributed by atoms with Crippen LogP contribution in [-0.4, -0.2) is 48.3 Å². The minimum absolute atomic E-state index is 0.245. The van der Waals surface area contributed by atoms with E-state index in [9.17, 15) is 5.11 Å². The Kier molecular flexibility index (Phi) is 5.58.